The summed E-state index contributed by atoms with van der Waals surface area (Å²) in [4.78, 5) is 1.09. The first-order valence-corrected chi connectivity index (χ1v) is 6.66. The molecular weight excluding hydrogens is 262 g/mol. The van der Waals surface area contributed by atoms with Crippen LogP contribution in [0.4, 0.5) is 0 Å². The largest absolute Gasteiger partial charge is 0.497 e. The number of hydrogen-bond donors (Lipinski definition) is 1. The highest BCUT2D eigenvalue weighted by molar-refractivity contribution is 7.05. The van der Waals surface area contributed by atoms with Crippen molar-refractivity contribution in [3.8, 4) is 11.5 Å². The van der Waals surface area contributed by atoms with Gasteiger partial charge in [0.1, 0.15) is 11.5 Å². The zero-order valence-electron chi connectivity index (χ0n) is 11.4. The molecule has 0 saturated heterocycles. The van der Waals surface area contributed by atoms with Crippen molar-refractivity contribution in [2.45, 2.75) is 13.0 Å². The second-order valence-electron chi connectivity index (χ2n) is 4.05. The lowest BCUT2D eigenvalue weighted by atomic mass is 10.0. The lowest BCUT2D eigenvalue weighted by Gasteiger charge is -2.18. The molecule has 1 heterocycles. The molecule has 19 heavy (non-hydrogen) atoms. The molecule has 0 amide bonds. The minimum atomic E-state index is 0.0147. The van der Waals surface area contributed by atoms with Gasteiger partial charge in [-0.25, -0.2) is 0 Å². The third kappa shape index (κ3) is 2.69. The van der Waals surface area contributed by atoms with E-state index < -0.39 is 0 Å². The van der Waals surface area contributed by atoms with Crippen molar-refractivity contribution in [1.82, 2.24) is 14.9 Å². The predicted molar refractivity (Wildman–Crippen MR) is 75.1 cm³/mol. The molecule has 0 bridgehead atoms. The smallest absolute Gasteiger partial charge is 0.127 e. The number of aromatic nitrogens is 2. The third-order valence-electron chi connectivity index (χ3n) is 2.99. The quantitative estimate of drug-likeness (QED) is 0.909. The van der Waals surface area contributed by atoms with E-state index in [0.29, 0.717) is 0 Å². The Morgan fingerprint density at radius 2 is 2.05 bits per heavy atom. The van der Waals surface area contributed by atoms with E-state index in [9.17, 15) is 0 Å². The van der Waals surface area contributed by atoms with Gasteiger partial charge in [-0.2, -0.15) is 0 Å². The third-order valence-corrected chi connectivity index (χ3v) is 3.88. The van der Waals surface area contributed by atoms with Crippen LogP contribution in [0.3, 0.4) is 0 Å². The maximum absolute atomic E-state index is 5.45. The summed E-state index contributed by atoms with van der Waals surface area (Å²) in [5, 5.41) is 7.35. The number of hydrogen-bond acceptors (Lipinski definition) is 6. The summed E-state index contributed by atoms with van der Waals surface area (Å²) in [7, 11) is 5.21. The topological polar surface area (TPSA) is 56.3 Å². The molecule has 1 atom stereocenters. The molecule has 0 aliphatic carbocycles. The zero-order valence-corrected chi connectivity index (χ0v) is 12.2. The van der Waals surface area contributed by atoms with Crippen LogP contribution in [-0.4, -0.2) is 30.9 Å². The van der Waals surface area contributed by atoms with Crippen molar-refractivity contribution in [3.63, 3.8) is 0 Å². The van der Waals surface area contributed by atoms with Crippen molar-refractivity contribution in [1.29, 1.82) is 0 Å². The molecule has 0 fully saturated rings. The molecule has 6 heteroatoms. The van der Waals surface area contributed by atoms with Crippen LogP contribution in [-0.2, 0) is 0 Å². The summed E-state index contributed by atoms with van der Waals surface area (Å²) in [5.41, 5.74) is 1.97. The Labute approximate surface area is 116 Å². The summed E-state index contributed by atoms with van der Waals surface area (Å²) >= 11 is 1.40. The van der Waals surface area contributed by atoms with Crippen LogP contribution >= 0.6 is 11.5 Å². The fourth-order valence-electron chi connectivity index (χ4n) is 1.99. The van der Waals surface area contributed by atoms with Gasteiger partial charge < -0.3 is 14.8 Å². The van der Waals surface area contributed by atoms with E-state index >= 15 is 0 Å². The van der Waals surface area contributed by atoms with Crippen molar-refractivity contribution >= 4 is 11.5 Å². The molecule has 2 aromatic rings. The molecule has 2 rings (SSSR count). The normalized spacial score (nSPS) is 12.2. The van der Waals surface area contributed by atoms with E-state index in [1.165, 1.54) is 11.5 Å². The number of methoxy groups -OCH3 is 2. The molecule has 102 valence electrons. The Bertz CT molecular complexity index is 557. The highest BCUT2D eigenvalue weighted by Crippen LogP contribution is 2.34. The van der Waals surface area contributed by atoms with Gasteiger partial charge in [0.25, 0.3) is 0 Å². The maximum Gasteiger partial charge on any atom is 0.127 e. The second kappa shape index (κ2) is 5.99. The maximum atomic E-state index is 5.45. The van der Waals surface area contributed by atoms with Gasteiger partial charge in [-0.1, -0.05) is 4.49 Å². The Kier molecular flexibility index (Phi) is 4.34. The molecule has 0 spiro atoms. The van der Waals surface area contributed by atoms with E-state index in [1.54, 1.807) is 14.2 Å². The van der Waals surface area contributed by atoms with Gasteiger partial charge in [-0.3, -0.25) is 0 Å². The van der Waals surface area contributed by atoms with E-state index in [0.717, 1.165) is 27.6 Å². The molecule has 0 aliphatic heterocycles. The summed E-state index contributed by atoms with van der Waals surface area (Å²) < 4.78 is 14.7. The molecule has 0 saturated carbocycles. The molecule has 1 aromatic heterocycles. The van der Waals surface area contributed by atoms with Crippen LogP contribution < -0.4 is 14.8 Å². The summed E-state index contributed by atoms with van der Waals surface area (Å²) in [6.07, 6.45) is 0. The summed E-state index contributed by atoms with van der Waals surface area (Å²) in [6, 6.07) is 5.81. The fourth-order valence-corrected chi connectivity index (χ4v) is 2.76. The molecule has 5 nitrogen and oxygen atoms in total. The van der Waals surface area contributed by atoms with Crippen molar-refractivity contribution in [2.24, 2.45) is 0 Å². The van der Waals surface area contributed by atoms with Gasteiger partial charge in [-0.15, -0.1) is 5.10 Å². The number of benzene rings is 1. The van der Waals surface area contributed by atoms with E-state index in [-0.39, 0.29) is 6.04 Å². The zero-order chi connectivity index (χ0) is 13.8. The summed E-state index contributed by atoms with van der Waals surface area (Å²) in [6.45, 7) is 1.96. The van der Waals surface area contributed by atoms with Crippen LogP contribution in [0, 0.1) is 6.92 Å². The van der Waals surface area contributed by atoms with Crippen LogP contribution in [0.25, 0.3) is 0 Å². The van der Waals surface area contributed by atoms with E-state index in [1.807, 2.05) is 32.2 Å². The number of aryl methyl sites for hydroxylation is 1. The second-order valence-corrected chi connectivity index (χ2v) is 4.84. The first-order chi connectivity index (χ1) is 9.21. The molecule has 1 aromatic carbocycles. The van der Waals surface area contributed by atoms with Crippen LogP contribution in [0.5, 0.6) is 11.5 Å². The van der Waals surface area contributed by atoms with Gasteiger partial charge in [0.15, 0.2) is 0 Å². The number of nitrogens with one attached hydrogen (secondary N) is 1. The van der Waals surface area contributed by atoms with E-state index in [2.05, 4.69) is 14.9 Å². The molecule has 0 aliphatic rings. The Hall–Kier alpha value is -1.66. The average molecular weight is 279 g/mol. The van der Waals surface area contributed by atoms with E-state index in [4.69, 9.17) is 9.47 Å². The highest BCUT2D eigenvalue weighted by Gasteiger charge is 2.21. The fraction of sp³-hybridized carbons (Fsp3) is 0.385. The van der Waals surface area contributed by atoms with Gasteiger partial charge in [0, 0.05) is 11.6 Å². The first kappa shape index (κ1) is 13.8. The van der Waals surface area contributed by atoms with Crippen molar-refractivity contribution in [2.75, 3.05) is 21.3 Å². The molecule has 1 N–H and O–H groups in total. The van der Waals surface area contributed by atoms with Gasteiger partial charge in [0.2, 0.25) is 0 Å². The predicted octanol–water partition coefficient (Wildman–Crippen LogP) is 2.17. The van der Waals surface area contributed by atoms with Gasteiger partial charge >= 0.3 is 0 Å². The number of rotatable bonds is 5. The Morgan fingerprint density at radius 1 is 1.26 bits per heavy atom. The van der Waals surface area contributed by atoms with Crippen molar-refractivity contribution < 1.29 is 9.47 Å². The van der Waals surface area contributed by atoms with Crippen LogP contribution in [0.1, 0.15) is 22.2 Å². The lowest BCUT2D eigenvalue weighted by Crippen LogP contribution is -2.18. The molecule has 0 radical (unpaired) electrons. The summed E-state index contributed by atoms with van der Waals surface area (Å²) in [5.74, 6) is 1.56. The minimum Gasteiger partial charge on any atom is -0.497 e. The number of nitrogens with zero attached hydrogens (tertiary/aromatic N) is 2. The SMILES string of the molecule is CNC(c1ccc(OC)cc1OC)c1snnc1C. The van der Waals surface area contributed by atoms with Gasteiger partial charge in [-0.05, 0) is 37.6 Å². The number of ether oxygens (including phenoxy) is 2. The highest BCUT2D eigenvalue weighted by atomic mass is 32.1. The minimum absolute atomic E-state index is 0.0147. The standard InChI is InChI=1S/C13H17N3O2S/c1-8-13(19-16-15-8)12(14-2)10-6-5-9(17-3)7-11(10)18-4/h5-7,12,14H,1-4H3. The van der Waals surface area contributed by atoms with Gasteiger partial charge in [0.05, 0.1) is 30.8 Å². The molecule has 1 unspecified atom stereocenters. The average Bonchev–Trinajstić information content (AvgIpc) is 2.86. The van der Waals surface area contributed by atoms with Crippen LogP contribution in [0.2, 0.25) is 0 Å². The monoisotopic (exact) mass is 279 g/mol. The van der Waals surface area contributed by atoms with Crippen molar-refractivity contribution in [3.05, 3.63) is 34.3 Å². The lowest BCUT2D eigenvalue weighted by molar-refractivity contribution is 0.388. The first-order valence-electron chi connectivity index (χ1n) is 5.89. The van der Waals surface area contributed by atoms with Crippen LogP contribution in [0.15, 0.2) is 18.2 Å². The molecular formula is C13H17N3O2S. The Morgan fingerprint density at radius 3 is 2.58 bits per heavy atom. The Balaban J connectivity index is 2.46.